The first-order valence-electron chi connectivity index (χ1n) is 8.00. The molecular formula is C18H17NO7S. The minimum atomic E-state index is -3.92. The summed E-state index contributed by atoms with van der Waals surface area (Å²) in [5.41, 5.74) is -0.619. The van der Waals surface area contributed by atoms with Gasteiger partial charge >= 0.3 is 5.97 Å². The third kappa shape index (κ3) is 3.15. The van der Waals surface area contributed by atoms with Crippen molar-refractivity contribution in [3.8, 4) is 5.75 Å². The Hall–Kier alpha value is -2.91. The Labute approximate surface area is 154 Å². The molecule has 142 valence electrons. The predicted octanol–water partition coefficient (Wildman–Crippen LogP) is 2.29. The maximum Gasteiger partial charge on any atom is 0.335 e. The molecule has 27 heavy (non-hydrogen) atoms. The molecule has 1 aromatic heterocycles. The Bertz CT molecular complexity index is 1230. The minimum absolute atomic E-state index is 0.00332. The number of sulfonamides is 1. The maximum absolute atomic E-state index is 13.0. The molecule has 0 amide bonds. The first-order valence-corrected chi connectivity index (χ1v) is 9.44. The SMILES string of the molecule is CCOc1cc(S(=O)(=O)N(C)C)c2oc3ccc(C(=O)O)cc3c(=O)c2c1. The molecule has 8 nitrogen and oxygen atoms in total. The molecule has 0 radical (unpaired) electrons. The topological polar surface area (TPSA) is 114 Å². The summed E-state index contributed by atoms with van der Waals surface area (Å²) in [7, 11) is -1.19. The third-order valence-corrected chi connectivity index (χ3v) is 5.85. The van der Waals surface area contributed by atoms with Crippen LogP contribution in [0.2, 0.25) is 0 Å². The maximum atomic E-state index is 13.0. The Morgan fingerprint density at radius 1 is 1.19 bits per heavy atom. The molecule has 0 aliphatic heterocycles. The standard InChI is InChI=1S/C18H17NO7S/c1-4-25-11-8-13-16(20)12-7-10(18(21)22)5-6-14(12)26-17(13)15(9-11)27(23,24)19(2)3/h5-9H,4H2,1-3H3,(H,21,22). The summed E-state index contributed by atoms with van der Waals surface area (Å²) in [5.74, 6) is -0.984. The molecule has 0 saturated carbocycles. The van der Waals surface area contributed by atoms with Crippen LogP contribution in [0.4, 0.5) is 0 Å². The summed E-state index contributed by atoms with van der Waals surface area (Å²) < 4.78 is 37.6. The fourth-order valence-electron chi connectivity index (χ4n) is 2.67. The van der Waals surface area contributed by atoms with Gasteiger partial charge in [-0.3, -0.25) is 4.79 Å². The predicted molar refractivity (Wildman–Crippen MR) is 99.0 cm³/mol. The lowest BCUT2D eigenvalue weighted by atomic mass is 10.1. The number of hydrogen-bond donors (Lipinski definition) is 1. The van der Waals surface area contributed by atoms with Crippen LogP contribution in [0.1, 0.15) is 17.3 Å². The van der Waals surface area contributed by atoms with Gasteiger partial charge in [-0.05, 0) is 31.2 Å². The number of carbonyl (C=O) groups is 1. The van der Waals surface area contributed by atoms with Crippen LogP contribution in [-0.2, 0) is 10.0 Å². The molecule has 0 aliphatic rings. The average molecular weight is 391 g/mol. The number of ether oxygens (including phenoxy) is 1. The summed E-state index contributed by atoms with van der Waals surface area (Å²) in [5, 5.41) is 9.18. The molecule has 3 rings (SSSR count). The van der Waals surface area contributed by atoms with Crippen molar-refractivity contribution < 1.29 is 27.5 Å². The fourth-order valence-corrected chi connectivity index (χ4v) is 3.72. The first kappa shape index (κ1) is 18.9. The zero-order chi connectivity index (χ0) is 19.9. The second-order valence-electron chi connectivity index (χ2n) is 5.97. The molecular weight excluding hydrogens is 374 g/mol. The Balaban J connectivity index is 2.49. The van der Waals surface area contributed by atoms with E-state index in [1.165, 1.54) is 44.4 Å². The first-order chi connectivity index (χ1) is 12.7. The monoisotopic (exact) mass is 391 g/mol. The number of rotatable bonds is 5. The Morgan fingerprint density at radius 2 is 1.89 bits per heavy atom. The number of carboxylic acid groups (broad SMARTS) is 1. The van der Waals surface area contributed by atoms with Gasteiger partial charge in [-0.2, -0.15) is 0 Å². The van der Waals surface area contributed by atoms with E-state index in [9.17, 15) is 18.0 Å². The second-order valence-corrected chi connectivity index (χ2v) is 8.09. The molecule has 3 aromatic rings. The highest BCUT2D eigenvalue weighted by Gasteiger charge is 2.25. The van der Waals surface area contributed by atoms with E-state index in [0.29, 0.717) is 0 Å². The van der Waals surface area contributed by atoms with Gasteiger partial charge in [0.1, 0.15) is 16.2 Å². The van der Waals surface area contributed by atoms with Gasteiger partial charge < -0.3 is 14.3 Å². The molecule has 9 heteroatoms. The van der Waals surface area contributed by atoms with Gasteiger partial charge in [0, 0.05) is 20.2 Å². The quantitative estimate of drug-likeness (QED) is 0.664. The number of benzene rings is 2. The van der Waals surface area contributed by atoms with E-state index in [-0.39, 0.29) is 44.8 Å². The molecule has 2 aromatic carbocycles. The molecule has 0 fully saturated rings. The average Bonchev–Trinajstić information content (AvgIpc) is 2.61. The van der Waals surface area contributed by atoms with E-state index in [0.717, 1.165) is 4.31 Å². The van der Waals surface area contributed by atoms with Crippen LogP contribution in [0.25, 0.3) is 21.9 Å². The van der Waals surface area contributed by atoms with Gasteiger partial charge in [0.25, 0.3) is 0 Å². The van der Waals surface area contributed by atoms with E-state index >= 15 is 0 Å². The largest absolute Gasteiger partial charge is 0.494 e. The minimum Gasteiger partial charge on any atom is -0.494 e. The van der Waals surface area contributed by atoms with Crippen LogP contribution in [0.15, 0.2) is 44.4 Å². The van der Waals surface area contributed by atoms with Gasteiger partial charge in [-0.15, -0.1) is 0 Å². The van der Waals surface area contributed by atoms with Crippen molar-refractivity contribution in [1.29, 1.82) is 0 Å². The second kappa shape index (κ2) is 6.67. The number of aromatic carboxylic acids is 1. The summed E-state index contributed by atoms with van der Waals surface area (Å²) in [6, 6.07) is 6.53. The van der Waals surface area contributed by atoms with Crippen molar-refractivity contribution in [3.05, 3.63) is 46.1 Å². The van der Waals surface area contributed by atoms with E-state index < -0.39 is 21.4 Å². The van der Waals surface area contributed by atoms with Crippen LogP contribution in [0, 0.1) is 0 Å². The van der Waals surface area contributed by atoms with E-state index in [2.05, 4.69) is 0 Å². The number of fused-ring (bicyclic) bond motifs is 2. The zero-order valence-electron chi connectivity index (χ0n) is 14.8. The van der Waals surface area contributed by atoms with E-state index in [1.807, 2.05) is 0 Å². The smallest absolute Gasteiger partial charge is 0.335 e. The van der Waals surface area contributed by atoms with Crippen LogP contribution in [-0.4, -0.2) is 44.5 Å². The number of carboxylic acids is 1. The Morgan fingerprint density at radius 3 is 2.48 bits per heavy atom. The molecule has 0 atom stereocenters. The lowest BCUT2D eigenvalue weighted by Crippen LogP contribution is -2.23. The molecule has 1 N–H and O–H groups in total. The van der Waals surface area contributed by atoms with Gasteiger partial charge in [0.15, 0.2) is 5.58 Å². The summed E-state index contributed by atoms with van der Waals surface area (Å²) in [6.45, 7) is 2.00. The summed E-state index contributed by atoms with van der Waals surface area (Å²) in [6.07, 6.45) is 0. The van der Waals surface area contributed by atoms with Crippen molar-refractivity contribution in [2.24, 2.45) is 0 Å². The van der Waals surface area contributed by atoms with Gasteiger partial charge in [0.2, 0.25) is 15.5 Å². The Kier molecular flexibility index (Phi) is 4.66. The number of nitrogens with zero attached hydrogens (tertiary/aromatic N) is 1. The van der Waals surface area contributed by atoms with Gasteiger partial charge in [-0.25, -0.2) is 17.5 Å². The number of hydrogen-bond acceptors (Lipinski definition) is 6. The summed E-state index contributed by atoms with van der Waals surface area (Å²) in [4.78, 5) is 23.9. The fraction of sp³-hybridized carbons (Fsp3) is 0.222. The van der Waals surface area contributed by atoms with Crippen LogP contribution >= 0.6 is 0 Å². The molecule has 0 bridgehead atoms. The van der Waals surface area contributed by atoms with E-state index in [1.54, 1.807) is 6.92 Å². The van der Waals surface area contributed by atoms with Crippen LogP contribution in [0.3, 0.4) is 0 Å². The third-order valence-electron chi connectivity index (χ3n) is 4.03. The highest BCUT2D eigenvalue weighted by atomic mass is 32.2. The molecule has 1 heterocycles. The van der Waals surface area contributed by atoms with Crippen molar-refractivity contribution >= 4 is 37.9 Å². The molecule has 0 unspecified atom stereocenters. The lowest BCUT2D eigenvalue weighted by molar-refractivity contribution is 0.0697. The molecule has 0 spiro atoms. The highest BCUT2D eigenvalue weighted by molar-refractivity contribution is 7.89. The van der Waals surface area contributed by atoms with Crippen molar-refractivity contribution in [1.82, 2.24) is 4.31 Å². The van der Waals surface area contributed by atoms with Crippen LogP contribution < -0.4 is 10.2 Å². The molecule has 0 saturated heterocycles. The normalized spacial score (nSPS) is 12.0. The van der Waals surface area contributed by atoms with Crippen molar-refractivity contribution in [3.63, 3.8) is 0 Å². The van der Waals surface area contributed by atoms with Gasteiger partial charge in [0.05, 0.1) is 22.9 Å². The van der Waals surface area contributed by atoms with Crippen LogP contribution in [0.5, 0.6) is 5.75 Å². The lowest BCUT2D eigenvalue weighted by Gasteiger charge is -2.15. The van der Waals surface area contributed by atoms with Crippen molar-refractivity contribution in [2.45, 2.75) is 11.8 Å². The van der Waals surface area contributed by atoms with Gasteiger partial charge in [-0.1, -0.05) is 0 Å². The highest BCUT2D eigenvalue weighted by Crippen LogP contribution is 2.31. The zero-order valence-corrected chi connectivity index (χ0v) is 15.7. The molecule has 0 aliphatic carbocycles. The van der Waals surface area contributed by atoms with E-state index in [4.69, 9.17) is 14.3 Å². The summed E-state index contributed by atoms with van der Waals surface area (Å²) >= 11 is 0. The van der Waals surface area contributed by atoms with Crippen molar-refractivity contribution in [2.75, 3.05) is 20.7 Å².